The quantitative estimate of drug-likeness (QED) is 0.647. The third-order valence-corrected chi connectivity index (χ3v) is 5.15. The molecule has 3 aromatic rings. The van der Waals surface area contributed by atoms with Crippen molar-refractivity contribution < 1.29 is 14.3 Å². The molecule has 0 bridgehead atoms. The molecule has 1 fully saturated rings. The molecule has 3 heterocycles. The first-order valence-corrected chi connectivity index (χ1v) is 9.57. The van der Waals surface area contributed by atoms with Gasteiger partial charge in [0, 0.05) is 18.0 Å². The van der Waals surface area contributed by atoms with Crippen LogP contribution in [-0.4, -0.2) is 39.8 Å². The lowest BCUT2D eigenvalue weighted by Crippen LogP contribution is -2.27. The van der Waals surface area contributed by atoms with Crippen LogP contribution in [0.1, 0.15) is 44.1 Å². The maximum Gasteiger partial charge on any atom is 0.313 e. The number of nitriles is 1. The summed E-state index contributed by atoms with van der Waals surface area (Å²) in [6, 6.07) is 7.81. The summed E-state index contributed by atoms with van der Waals surface area (Å²) in [5.41, 5.74) is 3.01. The maximum atomic E-state index is 12.2. The summed E-state index contributed by atoms with van der Waals surface area (Å²) in [6.45, 7) is 4.85. The number of imidazole rings is 1. The Morgan fingerprint density at radius 1 is 1.43 bits per heavy atom. The predicted molar refractivity (Wildman–Crippen MR) is 104 cm³/mol. The number of aromatic nitrogens is 3. The van der Waals surface area contributed by atoms with E-state index in [2.05, 4.69) is 22.5 Å². The van der Waals surface area contributed by atoms with Gasteiger partial charge in [0.25, 0.3) is 0 Å². The van der Waals surface area contributed by atoms with E-state index >= 15 is 0 Å². The summed E-state index contributed by atoms with van der Waals surface area (Å²) >= 11 is 0. The van der Waals surface area contributed by atoms with Crippen molar-refractivity contribution >= 4 is 27.9 Å². The molecule has 0 saturated carbocycles. The minimum Gasteiger partial charge on any atom is -0.466 e. The highest BCUT2D eigenvalue weighted by atomic mass is 16.5. The van der Waals surface area contributed by atoms with Crippen LogP contribution < -0.4 is 0 Å². The number of fused-ring (bicyclic) bond motifs is 3. The van der Waals surface area contributed by atoms with Gasteiger partial charge in [0.2, 0.25) is 0 Å². The lowest BCUT2D eigenvalue weighted by Gasteiger charge is -2.30. The van der Waals surface area contributed by atoms with Crippen molar-refractivity contribution in [3.63, 3.8) is 0 Å². The van der Waals surface area contributed by atoms with Gasteiger partial charge < -0.3 is 14.0 Å². The minimum absolute atomic E-state index is 0.105. The standard InChI is InChI=1S/C21H22N4O3/c1-3-27-20(26)10-19-24-18-12-23-17-5-4-14(11-22)9-16(17)21(18)25(19)15-6-7-28-13(2)8-15/h4-5,9,12-13,15H,3,6-8,10H2,1-2H3/t13-,15?/m1/s1. The van der Waals surface area contributed by atoms with Gasteiger partial charge in [0.1, 0.15) is 17.8 Å². The summed E-state index contributed by atoms with van der Waals surface area (Å²) in [7, 11) is 0. The van der Waals surface area contributed by atoms with E-state index in [0.29, 0.717) is 24.6 Å². The lowest BCUT2D eigenvalue weighted by atomic mass is 10.0. The molecule has 1 aliphatic heterocycles. The zero-order chi connectivity index (χ0) is 19.7. The molecule has 0 amide bonds. The molecular formula is C21H22N4O3. The van der Waals surface area contributed by atoms with Gasteiger partial charge in [-0.15, -0.1) is 0 Å². The number of pyridine rings is 1. The Morgan fingerprint density at radius 2 is 2.29 bits per heavy atom. The van der Waals surface area contributed by atoms with Gasteiger partial charge in [-0.3, -0.25) is 9.78 Å². The number of carbonyl (C=O) groups is 1. The highest BCUT2D eigenvalue weighted by Gasteiger charge is 2.27. The normalized spacial score (nSPS) is 19.6. The van der Waals surface area contributed by atoms with E-state index < -0.39 is 0 Å². The molecular weight excluding hydrogens is 356 g/mol. The van der Waals surface area contributed by atoms with E-state index in [1.807, 2.05) is 12.1 Å². The molecule has 2 aromatic heterocycles. The fourth-order valence-corrected chi connectivity index (χ4v) is 3.96. The molecule has 2 atom stereocenters. The number of esters is 1. The Labute approximate surface area is 162 Å². The zero-order valence-corrected chi connectivity index (χ0v) is 16.0. The number of rotatable bonds is 4. The van der Waals surface area contributed by atoms with Gasteiger partial charge in [-0.25, -0.2) is 4.98 Å². The molecule has 7 heteroatoms. The molecule has 4 rings (SSSR count). The first-order valence-electron chi connectivity index (χ1n) is 9.57. The molecule has 1 unspecified atom stereocenters. The summed E-state index contributed by atoms with van der Waals surface area (Å²) in [6.07, 6.45) is 3.65. The van der Waals surface area contributed by atoms with Crippen LogP contribution in [0.5, 0.6) is 0 Å². The van der Waals surface area contributed by atoms with Crippen LogP contribution >= 0.6 is 0 Å². The van der Waals surface area contributed by atoms with E-state index in [0.717, 1.165) is 34.8 Å². The Balaban J connectivity index is 1.94. The number of hydrogen-bond donors (Lipinski definition) is 0. The van der Waals surface area contributed by atoms with Crippen molar-refractivity contribution in [2.45, 2.75) is 45.3 Å². The van der Waals surface area contributed by atoms with Crippen molar-refractivity contribution in [2.75, 3.05) is 13.2 Å². The molecule has 1 aliphatic rings. The van der Waals surface area contributed by atoms with Crippen LogP contribution in [0.2, 0.25) is 0 Å². The Bertz CT molecular complexity index is 1080. The van der Waals surface area contributed by atoms with E-state index in [1.165, 1.54) is 0 Å². The topological polar surface area (TPSA) is 90.0 Å². The minimum atomic E-state index is -0.297. The Kier molecular flexibility index (Phi) is 4.97. The second kappa shape index (κ2) is 7.56. The summed E-state index contributed by atoms with van der Waals surface area (Å²) in [5.74, 6) is 0.373. The van der Waals surface area contributed by atoms with E-state index in [1.54, 1.807) is 19.2 Å². The van der Waals surface area contributed by atoms with Gasteiger partial charge in [0.05, 0.1) is 41.6 Å². The van der Waals surface area contributed by atoms with E-state index in [9.17, 15) is 10.1 Å². The van der Waals surface area contributed by atoms with Crippen molar-refractivity contribution in [3.05, 3.63) is 35.8 Å². The lowest BCUT2D eigenvalue weighted by molar-refractivity contribution is -0.142. The summed E-state index contributed by atoms with van der Waals surface area (Å²) in [4.78, 5) is 21.4. The molecule has 0 aliphatic carbocycles. The molecule has 7 nitrogen and oxygen atoms in total. The SMILES string of the molecule is CCOC(=O)Cc1nc2cnc3ccc(C#N)cc3c2n1C1CCO[C@H](C)C1. The molecule has 1 aromatic carbocycles. The third-order valence-electron chi connectivity index (χ3n) is 5.15. The Hall–Kier alpha value is -2.98. The van der Waals surface area contributed by atoms with Crippen molar-refractivity contribution in [1.82, 2.24) is 14.5 Å². The van der Waals surface area contributed by atoms with E-state index in [-0.39, 0.29) is 24.5 Å². The van der Waals surface area contributed by atoms with Crippen LogP contribution in [0.3, 0.4) is 0 Å². The number of hydrogen-bond acceptors (Lipinski definition) is 6. The van der Waals surface area contributed by atoms with Crippen LogP contribution in [0.15, 0.2) is 24.4 Å². The van der Waals surface area contributed by atoms with Gasteiger partial charge in [0.15, 0.2) is 0 Å². The molecule has 0 spiro atoms. The van der Waals surface area contributed by atoms with Crippen LogP contribution in [0.25, 0.3) is 21.9 Å². The Morgan fingerprint density at radius 3 is 3.04 bits per heavy atom. The average Bonchev–Trinajstić information content (AvgIpc) is 3.06. The van der Waals surface area contributed by atoms with Gasteiger partial charge >= 0.3 is 5.97 Å². The molecule has 28 heavy (non-hydrogen) atoms. The molecule has 0 N–H and O–H groups in total. The second-order valence-corrected chi connectivity index (χ2v) is 7.08. The molecule has 144 valence electrons. The van der Waals surface area contributed by atoms with E-state index in [4.69, 9.17) is 14.5 Å². The predicted octanol–water partition coefficient (Wildman–Crippen LogP) is 3.30. The number of nitrogens with zero attached hydrogens (tertiary/aromatic N) is 4. The van der Waals surface area contributed by atoms with Crippen LogP contribution in [0.4, 0.5) is 0 Å². The highest BCUT2D eigenvalue weighted by Crippen LogP contribution is 2.34. The van der Waals surface area contributed by atoms with Crippen molar-refractivity contribution in [3.8, 4) is 6.07 Å². The monoisotopic (exact) mass is 378 g/mol. The summed E-state index contributed by atoms with van der Waals surface area (Å²) < 4.78 is 13.0. The number of carbonyl (C=O) groups excluding carboxylic acids is 1. The molecule has 0 radical (unpaired) electrons. The average molecular weight is 378 g/mol. The first-order chi connectivity index (χ1) is 13.6. The molecule has 1 saturated heterocycles. The number of ether oxygens (including phenoxy) is 2. The largest absolute Gasteiger partial charge is 0.466 e. The van der Waals surface area contributed by atoms with Crippen LogP contribution in [-0.2, 0) is 20.7 Å². The fourth-order valence-electron chi connectivity index (χ4n) is 3.96. The van der Waals surface area contributed by atoms with Gasteiger partial charge in [-0.1, -0.05) is 0 Å². The number of benzene rings is 1. The third kappa shape index (κ3) is 3.32. The first kappa shape index (κ1) is 18.4. The van der Waals surface area contributed by atoms with Gasteiger partial charge in [-0.05, 0) is 44.9 Å². The van der Waals surface area contributed by atoms with Crippen LogP contribution in [0, 0.1) is 11.3 Å². The smallest absolute Gasteiger partial charge is 0.313 e. The zero-order valence-electron chi connectivity index (χ0n) is 16.0. The second-order valence-electron chi connectivity index (χ2n) is 7.08. The highest BCUT2D eigenvalue weighted by molar-refractivity contribution is 6.03. The van der Waals surface area contributed by atoms with Crippen molar-refractivity contribution in [2.24, 2.45) is 0 Å². The van der Waals surface area contributed by atoms with Crippen molar-refractivity contribution in [1.29, 1.82) is 5.26 Å². The fraction of sp³-hybridized carbons (Fsp3) is 0.429. The summed E-state index contributed by atoms with van der Waals surface area (Å²) in [5, 5.41) is 10.2. The maximum absolute atomic E-state index is 12.2. The van der Waals surface area contributed by atoms with Gasteiger partial charge in [-0.2, -0.15) is 5.26 Å².